The number of amides is 1. The zero-order valence-corrected chi connectivity index (χ0v) is 16.8. The van der Waals surface area contributed by atoms with Crippen LogP contribution in [0.3, 0.4) is 0 Å². The lowest BCUT2D eigenvalue weighted by Gasteiger charge is -2.25. The maximum absolute atomic E-state index is 12.4. The summed E-state index contributed by atoms with van der Waals surface area (Å²) in [5.74, 6) is -0.113. The third-order valence-electron chi connectivity index (χ3n) is 4.71. The van der Waals surface area contributed by atoms with Gasteiger partial charge in [-0.3, -0.25) is 9.48 Å². The van der Waals surface area contributed by atoms with Crippen molar-refractivity contribution in [3.63, 3.8) is 0 Å². The molecule has 28 heavy (non-hydrogen) atoms. The van der Waals surface area contributed by atoms with E-state index in [9.17, 15) is 13.2 Å². The second-order valence-corrected chi connectivity index (χ2v) is 8.73. The van der Waals surface area contributed by atoms with E-state index in [4.69, 9.17) is 0 Å². The third kappa shape index (κ3) is 5.26. The smallest absolute Gasteiger partial charge is 0.276 e. The first-order valence-electron chi connectivity index (χ1n) is 9.34. The van der Waals surface area contributed by atoms with Gasteiger partial charge in [0.05, 0.1) is 12.7 Å². The van der Waals surface area contributed by atoms with Gasteiger partial charge in [-0.2, -0.15) is 4.31 Å². The maximum Gasteiger partial charge on any atom is 0.276 e. The number of carbonyl (C=O) groups excluding carboxylic acids is 1. The van der Waals surface area contributed by atoms with E-state index in [0.717, 1.165) is 37.9 Å². The summed E-state index contributed by atoms with van der Waals surface area (Å²) in [6, 6.07) is 9.25. The van der Waals surface area contributed by atoms with Gasteiger partial charge in [-0.25, -0.2) is 8.42 Å². The Bertz CT molecular complexity index is 918. The highest BCUT2D eigenvalue weighted by Crippen LogP contribution is 2.12. The summed E-state index contributed by atoms with van der Waals surface area (Å²) in [6.07, 6.45) is 6.32. The third-order valence-corrected chi connectivity index (χ3v) is 6.24. The van der Waals surface area contributed by atoms with Crippen LogP contribution in [0.25, 0.3) is 6.08 Å². The van der Waals surface area contributed by atoms with Gasteiger partial charge >= 0.3 is 0 Å². The number of benzene rings is 1. The molecule has 0 spiro atoms. The van der Waals surface area contributed by atoms with E-state index in [1.807, 2.05) is 30.3 Å². The molecule has 1 aromatic carbocycles. The second-order valence-electron chi connectivity index (χ2n) is 6.80. The van der Waals surface area contributed by atoms with Crippen molar-refractivity contribution < 1.29 is 13.2 Å². The van der Waals surface area contributed by atoms with Crippen molar-refractivity contribution in [2.24, 2.45) is 0 Å². The number of carbonyl (C=O) groups is 1. The fourth-order valence-corrected chi connectivity index (χ4v) is 3.84. The summed E-state index contributed by atoms with van der Waals surface area (Å²) in [5.41, 5.74) is 1.12. The van der Waals surface area contributed by atoms with Crippen LogP contribution in [0.2, 0.25) is 0 Å². The molecule has 0 bridgehead atoms. The highest BCUT2D eigenvalue weighted by Gasteiger charge is 2.21. The van der Waals surface area contributed by atoms with Gasteiger partial charge in [0.25, 0.3) is 5.91 Å². The minimum Gasteiger partial charge on any atom is -0.337 e. The van der Waals surface area contributed by atoms with Crippen LogP contribution in [0.4, 0.5) is 0 Å². The Morgan fingerprint density at radius 3 is 2.61 bits per heavy atom. The molecule has 1 amide bonds. The van der Waals surface area contributed by atoms with Gasteiger partial charge in [-0.15, -0.1) is 5.10 Å². The Morgan fingerprint density at radius 2 is 1.89 bits per heavy atom. The Morgan fingerprint density at radius 1 is 1.18 bits per heavy atom. The highest BCUT2D eigenvalue weighted by atomic mass is 32.2. The van der Waals surface area contributed by atoms with E-state index in [0.29, 0.717) is 12.2 Å². The molecular formula is C19H25N5O3S. The molecular weight excluding hydrogens is 378 g/mol. The lowest BCUT2D eigenvalue weighted by atomic mass is 10.1. The Labute approximate surface area is 165 Å². The zero-order valence-electron chi connectivity index (χ0n) is 15.9. The molecule has 1 aliphatic heterocycles. The molecule has 1 saturated heterocycles. The minimum atomic E-state index is -3.54. The van der Waals surface area contributed by atoms with E-state index >= 15 is 0 Å². The van der Waals surface area contributed by atoms with Crippen LogP contribution < -0.4 is 0 Å². The molecule has 0 aliphatic carbocycles. The van der Waals surface area contributed by atoms with E-state index < -0.39 is 10.0 Å². The molecule has 0 radical (unpaired) electrons. The topological polar surface area (TPSA) is 88.4 Å². The van der Waals surface area contributed by atoms with E-state index in [-0.39, 0.29) is 12.5 Å². The molecule has 150 valence electrons. The summed E-state index contributed by atoms with van der Waals surface area (Å²) in [6.45, 7) is 2.04. The van der Waals surface area contributed by atoms with Crippen LogP contribution in [0, 0.1) is 0 Å². The first-order chi connectivity index (χ1) is 13.5. The summed E-state index contributed by atoms with van der Waals surface area (Å²) in [5, 5.41) is 9.10. The van der Waals surface area contributed by atoms with E-state index in [2.05, 4.69) is 10.3 Å². The Hall–Kier alpha value is -2.52. The fourth-order valence-electron chi connectivity index (χ4n) is 2.97. The SMILES string of the molecule is CN(CCn1cc(C(=O)N2CCCCC2)nn1)S(=O)(=O)C=Cc1ccccc1. The van der Waals surface area contributed by atoms with Crippen molar-refractivity contribution in [3.8, 4) is 0 Å². The lowest BCUT2D eigenvalue weighted by Crippen LogP contribution is -2.35. The summed E-state index contributed by atoms with van der Waals surface area (Å²) in [7, 11) is -2.02. The average molecular weight is 404 g/mol. The van der Waals surface area contributed by atoms with Crippen LogP contribution in [-0.2, 0) is 16.6 Å². The van der Waals surface area contributed by atoms with Crippen LogP contribution in [-0.4, -0.2) is 65.2 Å². The predicted octanol–water partition coefficient (Wildman–Crippen LogP) is 1.84. The number of piperidine rings is 1. The number of hydrogen-bond donors (Lipinski definition) is 0. The molecule has 8 nitrogen and oxygen atoms in total. The molecule has 0 saturated carbocycles. The van der Waals surface area contributed by atoms with Crippen LogP contribution in [0.5, 0.6) is 0 Å². The minimum absolute atomic E-state index is 0.113. The van der Waals surface area contributed by atoms with Crippen molar-refractivity contribution >= 4 is 22.0 Å². The lowest BCUT2D eigenvalue weighted by molar-refractivity contribution is 0.0718. The molecule has 3 rings (SSSR count). The molecule has 0 atom stereocenters. The number of sulfonamides is 1. The number of aromatic nitrogens is 3. The standard InChI is InChI=1S/C19H25N5O3S/c1-22(28(26,27)15-10-17-8-4-2-5-9-17)13-14-24-16-18(20-21-24)19(25)23-11-6-3-7-12-23/h2,4-5,8-10,15-16H,3,6-7,11-14H2,1H3. The molecule has 2 heterocycles. The number of likely N-dealkylation sites (tertiary alicyclic amines) is 1. The largest absolute Gasteiger partial charge is 0.337 e. The molecule has 1 fully saturated rings. The van der Waals surface area contributed by atoms with Gasteiger partial charge in [0, 0.05) is 32.1 Å². The summed E-state index contributed by atoms with van der Waals surface area (Å²) < 4.78 is 27.5. The second kappa shape index (κ2) is 9.11. The average Bonchev–Trinajstić information content (AvgIpc) is 3.20. The molecule has 2 aromatic rings. The fraction of sp³-hybridized carbons (Fsp3) is 0.421. The summed E-state index contributed by atoms with van der Waals surface area (Å²) in [4.78, 5) is 14.2. The van der Waals surface area contributed by atoms with E-state index in [1.54, 1.807) is 17.2 Å². The van der Waals surface area contributed by atoms with Gasteiger partial charge in [0.2, 0.25) is 10.0 Å². The normalized spacial score (nSPS) is 15.4. The monoisotopic (exact) mass is 403 g/mol. The molecule has 1 aliphatic rings. The Balaban J connectivity index is 1.55. The number of hydrogen-bond acceptors (Lipinski definition) is 5. The quantitative estimate of drug-likeness (QED) is 0.704. The summed E-state index contributed by atoms with van der Waals surface area (Å²) >= 11 is 0. The van der Waals surface area contributed by atoms with Crippen LogP contribution >= 0.6 is 0 Å². The number of likely N-dealkylation sites (N-methyl/N-ethyl adjacent to an activating group) is 1. The van der Waals surface area contributed by atoms with Crippen molar-refractivity contribution in [2.45, 2.75) is 25.8 Å². The van der Waals surface area contributed by atoms with Crippen LogP contribution in [0.1, 0.15) is 35.3 Å². The Kier molecular flexibility index (Phi) is 6.58. The molecule has 0 unspecified atom stereocenters. The highest BCUT2D eigenvalue weighted by molar-refractivity contribution is 7.92. The first kappa shape index (κ1) is 20.2. The number of rotatable bonds is 7. The van der Waals surface area contributed by atoms with Gasteiger partial charge in [-0.1, -0.05) is 35.5 Å². The predicted molar refractivity (Wildman–Crippen MR) is 107 cm³/mol. The van der Waals surface area contributed by atoms with E-state index in [1.165, 1.54) is 21.4 Å². The molecule has 1 aromatic heterocycles. The van der Waals surface area contributed by atoms with Gasteiger partial charge < -0.3 is 4.90 Å². The van der Waals surface area contributed by atoms with Crippen molar-refractivity contribution in [2.75, 3.05) is 26.7 Å². The van der Waals surface area contributed by atoms with Crippen molar-refractivity contribution in [3.05, 3.63) is 53.2 Å². The van der Waals surface area contributed by atoms with Gasteiger partial charge in [0.15, 0.2) is 5.69 Å². The van der Waals surface area contributed by atoms with Crippen LogP contribution in [0.15, 0.2) is 41.9 Å². The van der Waals surface area contributed by atoms with Crippen molar-refractivity contribution in [1.29, 1.82) is 0 Å². The molecule has 0 N–H and O–H groups in total. The molecule has 9 heteroatoms. The zero-order chi connectivity index (χ0) is 20.0. The van der Waals surface area contributed by atoms with Gasteiger partial charge in [-0.05, 0) is 30.9 Å². The van der Waals surface area contributed by atoms with Gasteiger partial charge in [0.1, 0.15) is 0 Å². The number of nitrogens with zero attached hydrogens (tertiary/aromatic N) is 5. The maximum atomic E-state index is 12.4. The van der Waals surface area contributed by atoms with Crippen molar-refractivity contribution in [1.82, 2.24) is 24.2 Å². The first-order valence-corrected chi connectivity index (χ1v) is 10.8.